The predicted octanol–water partition coefficient (Wildman–Crippen LogP) is 6.15. The van der Waals surface area contributed by atoms with Gasteiger partial charge in [-0.05, 0) is 125 Å². The first-order chi connectivity index (χ1) is 29.8. The van der Waals surface area contributed by atoms with Gasteiger partial charge in [0.25, 0.3) is 5.91 Å². The zero-order chi connectivity index (χ0) is 43.3. The van der Waals surface area contributed by atoms with Crippen molar-refractivity contribution < 1.29 is 27.2 Å². The Morgan fingerprint density at radius 1 is 0.952 bits per heavy atom. The first-order valence-corrected chi connectivity index (χ1v) is 24.4. The molecule has 5 aliphatic rings. The Hall–Kier alpha value is -4.84. The van der Waals surface area contributed by atoms with Gasteiger partial charge in [-0.1, -0.05) is 19.1 Å². The van der Waals surface area contributed by atoms with E-state index in [0.29, 0.717) is 46.1 Å². The Morgan fingerprint density at radius 2 is 1.71 bits per heavy atom. The second kappa shape index (κ2) is 17.0. The molecular weight excluding hydrogens is 830 g/mol. The van der Waals surface area contributed by atoms with Crippen LogP contribution in [0, 0.1) is 17.2 Å². The summed E-state index contributed by atoms with van der Waals surface area (Å²) in [7, 11) is -4.04. The minimum Gasteiger partial charge on any atom is -0.372 e. The number of thiazole rings is 1. The molecule has 14 nitrogen and oxygen atoms in total. The molecule has 1 saturated carbocycles. The van der Waals surface area contributed by atoms with E-state index in [0.717, 1.165) is 87.5 Å². The first-order valence-electron chi connectivity index (χ1n) is 21.9. The number of amides is 3. The molecule has 3 amide bonds. The van der Waals surface area contributed by atoms with Crippen molar-refractivity contribution in [1.29, 1.82) is 0 Å². The maximum absolute atomic E-state index is 16.3. The van der Waals surface area contributed by atoms with Crippen LogP contribution >= 0.6 is 11.3 Å². The van der Waals surface area contributed by atoms with Crippen molar-refractivity contribution in [3.63, 3.8) is 0 Å². The van der Waals surface area contributed by atoms with Crippen LogP contribution in [0.1, 0.15) is 115 Å². The van der Waals surface area contributed by atoms with E-state index in [9.17, 15) is 22.8 Å². The van der Waals surface area contributed by atoms with Crippen LogP contribution in [0.3, 0.4) is 0 Å². The highest BCUT2D eigenvalue weighted by molar-refractivity contribution is 7.89. The van der Waals surface area contributed by atoms with Crippen molar-refractivity contribution in [2.75, 3.05) is 43.4 Å². The summed E-state index contributed by atoms with van der Waals surface area (Å²) in [5, 5.41) is 7.66. The average Bonchev–Trinajstić information content (AvgIpc) is 3.84. The molecule has 62 heavy (non-hydrogen) atoms. The third kappa shape index (κ3) is 8.36. The number of anilines is 2. The van der Waals surface area contributed by atoms with E-state index in [1.165, 1.54) is 30.2 Å². The number of imide groups is 1. The van der Waals surface area contributed by atoms with Gasteiger partial charge in [0.15, 0.2) is 0 Å². The van der Waals surface area contributed by atoms with Crippen molar-refractivity contribution in [3.8, 4) is 21.8 Å². The molecule has 2 unspecified atom stereocenters. The summed E-state index contributed by atoms with van der Waals surface area (Å²) in [5.41, 5.74) is 10.2. The number of benzene rings is 2. The number of hydrogen-bond donors (Lipinski definition) is 3. The number of aromatic nitrogens is 3. The second-order valence-corrected chi connectivity index (χ2v) is 20.7. The summed E-state index contributed by atoms with van der Waals surface area (Å²) in [6, 6.07) is 11.9. The van der Waals surface area contributed by atoms with E-state index in [4.69, 9.17) is 15.9 Å². The zero-order valence-corrected chi connectivity index (χ0v) is 36.7. The Labute approximate surface area is 365 Å². The molecule has 2 atom stereocenters. The van der Waals surface area contributed by atoms with Crippen LogP contribution in [0.4, 0.5) is 16.0 Å². The zero-order valence-electron chi connectivity index (χ0n) is 35.0. The van der Waals surface area contributed by atoms with Crippen molar-refractivity contribution in [3.05, 3.63) is 76.2 Å². The molecule has 1 spiro atoms. The van der Waals surface area contributed by atoms with Crippen molar-refractivity contribution >= 4 is 50.7 Å². The molecule has 2 aromatic carbocycles. The van der Waals surface area contributed by atoms with Crippen LogP contribution in [0.5, 0.6) is 0 Å². The molecule has 17 heteroatoms. The summed E-state index contributed by atoms with van der Waals surface area (Å²) < 4.78 is 41.2. The number of piperidine rings is 3. The molecule has 4 aromatic rings. The van der Waals surface area contributed by atoms with E-state index in [-0.39, 0.29) is 53.6 Å². The van der Waals surface area contributed by atoms with Crippen LogP contribution in [-0.2, 0) is 26.2 Å². The van der Waals surface area contributed by atoms with Gasteiger partial charge in [0.2, 0.25) is 27.8 Å². The lowest BCUT2D eigenvalue weighted by atomic mass is 9.65. The van der Waals surface area contributed by atoms with Crippen LogP contribution in [0.2, 0.25) is 0 Å². The highest BCUT2D eigenvalue weighted by Gasteiger charge is 2.41. The predicted molar refractivity (Wildman–Crippen MR) is 236 cm³/mol. The lowest BCUT2D eigenvalue weighted by Crippen LogP contribution is -2.52. The van der Waals surface area contributed by atoms with Gasteiger partial charge in [-0.2, -0.15) is 0 Å². The fraction of sp³-hybridized carbons (Fsp3) is 0.511. The van der Waals surface area contributed by atoms with Gasteiger partial charge in [0, 0.05) is 67.1 Å². The molecule has 0 radical (unpaired) electrons. The molecule has 328 valence electrons. The van der Waals surface area contributed by atoms with E-state index in [1.54, 1.807) is 36.2 Å². The van der Waals surface area contributed by atoms with Crippen LogP contribution in [-0.4, -0.2) is 89.7 Å². The van der Waals surface area contributed by atoms with Gasteiger partial charge in [-0.25, -0.2) is 32.9 Å². The number of primary sulfonamides is 1. The lowest BCUT2D eigenvalue weighted by Gasteiger charge is -2.46. The third-order valence-electron chi connectivity index (χ3n) is 14.3. The monoisotopic (exact) mass is 883 g/mol. The number of hydrogen-bond acceptors (Lipinski definition) is 12. The Bertz CT molecular complexity index is 2490. The largest absolute Gasteiger partial charge is 0.372 e. The van der Waals surface area contributed by atoms with Crippen molar-refractivity contribution in [2.45, 2.75) is 101 Å². The lowest BCUT2D eigenvalue weighted by molar-refractivity contribution is -0.136. The number of nitrogen functional groups attached to an aromatic ring is 1. The first kappa shape index (κ1) is 42.5. The summed E-state index contributed by atoms with van der Waals surface area (Å²) >= 11 is 1.50. The number of nitrogens with zero attached hydrogens (tertiary/aromatic N) is 6. The van der Waals surface area contributed by atoms with Crippen molar-refractivity contribution in [1.82, 2.24) is 30.1 Å². The van der Waals surface area contributed by atoms with E-state index in [2.05, 4.69) is 31.2 Å². The number of nitrogens with one attached hydrogen (secondary N) is 1. The molecule has 2 aromatic heterocycles. The highest BCUT2D eigenvalue weighted by Crippen LogP contribution is 2.51. The van der Waals surface area contributed by atoms with Crippen LogP contribution in [0.25, 0.3) is 21.8 Å². The fourth-order valence-electron chi connectivity index (χ4n) is 10.7. The fourth-order valence-corrected chi connectivity index (χ4v) is 12.9. The minimum atomic E-state index is -4.04. The van der Waals surface area contributed by atoms with Crippen LogP contribution in [0.15, 0.2) is 48.7 Å². The molecule has 4 aliphatic heterocycles. The number of sulfonamides is 1. The number of nitrogens with two attached hydrogens (primary N) is 2. The number of carbonyl (C=O) groups is 3. The van der Waals surface area contributed by atoms with Gasteiger partial charge in [0.05, 0.1) is 21.3 Å². The third-order valence-corrected chi connectivity index (χ3v) is 16.9. The Morgan fingerprint density at radius 3 is 2.40 bits per heavy atom. The highest BCUT2D eigenvalue weighted by atomic mass is 32.2. The van der Waals surface area contributed by atoms with E-state index >= 15 is 4.39 Å². The van der Waals surface area contributed by atoms with E-state index < -0.39 is 27.1 Å². The van der Waals surface area contributed by atoms with Gasteiger partial charge in [-0.15, -0.1) is 11.3 Å². The molecule has 0 bridgehead atoms. The van der Waals surface area contributed by atoms with Gasteiger partial charge in [0.1, 0.15) is 17.1 Å². The quantitative estimate of drug-likeness (QED) is 0.155. The minimum absolute atomic E-state index is 0.0315. The normalized spacial score (nSPS) is 22.0. The van der Waals surface area contributed by atoms with Crippen LogP contribution < -0.4 is 21.1 Å². The molecule has 5 N–H and O–H groups in total. The summed E-state index contributed by atoms with van der Waals surface area (Å²) in [4.78, 5) is 58.3. The summed E-state index contributed by atoms with van der Waals surface area (Å²) in [6.45, 7) is 7.29. The maximum Gasteiger partial charge on any atom is 0.255 e. The number of carbonyl (C=O) groups excluding carboxylic acids is 3. The van der Waals surface area contributed by atoms with Gasteiger partial charge in [-0.3, -0.25) is 19.7 Å². The standard InChI is InChI=1S/C45H54FN9O5S2/c1-2-36(62(48,59)60)32-4-3-5-33(38(32)46)39-40(34-12-19-49-44(47)50-34)61-42(52-39)28-10-15-45(16-11-28)17-22-53(23-18-45)25-27-13-20-54(21-14-27)30-6-7-31-29(24-30)26-55(43(31)58)35-8-9-37(56)51-41(35)57/h3-7,12,19,24,27-28,35-36H,2,8-11,13-18,20-23,25-26H2,1H3,(H2,47,49,50)(H2,48,59,60)(H,51,56,57). The summed E-state index contributed by atoms with van der Waals surface area (Å²) in [5.74, 6) is -0.507. The number of rotatable bonds is 10. The average molecular weight is 884 g/mol. The Kier molecular flexibility index (Phi) is 11.7. The molecule has 3 saturated heterocycles. The molecule has 9 rings (SSSR count). The number of halogens is 1. The topological polar surface area (TPSA) is 198 Å². The van der Waals surface area contributed by atoms with E-state index in [1.807, 2.05) is 12.1 Å². The number of likely N-dealkylation sites (tertiary alicyclic amines) is 1. The molecule has 6 heterocycles. The smallest absolute Gasteiger partial charge is 0.255 e. The molecular formula is C45H54FN9O5S2. The van der Waals surface area contributed by atoms with Gasteiger partial charge >= 0.3 is 0 Å². The SMILES string of the molecule is CCC(c1cccc(-c2nc(C3CCC4(CC3)CCN(CC3CCN(c5ccc6c(c5)CN(C5CCC(=O)NC5=O)C6=O)CC3)CC4)sc2-c2ccnc(N)n2)c1F)S(N)(=O)=O. The summed E-state index contributed by atoms with van der Waals surface area (Å²) in [6.07, 6.45) is 11.1. The van der Waals surface area contributed by atoms with Crippen molar-refractivity contribution in [2.24, 2.45) is 16.5 Å². The number of fused-ring (bicyclic) bond motifs is 1. The Balaban J connectivity index is 0.798. The molecule has 4 fully saturated rings. The second-order valence-electron chi connectivity index (χ2n) is 18.0. The van der Waals surface area contributed by atoms with Gasteiger partial charge < -0.3 is 20.4 Å². The molecule has 1 aliphatic carbocycles. The maximum atomic E-state index is 16.3.